The summed E-state index contributed by atoms with van der Waals surface area (Å²) in [5.41, 5.74) is 0.334. The molecule has 0 aromatic heterocycles. The quantitative estimate of drug-likeness (QED) is 0.561. The maximum atomic E-state index is 12.5. The third-order valence-electron chi connectivity index (χ3n) is 4.21. The molecule has 2 rings (SSSR count). The van der Waals surface area contributed by atoms with Gasteiger partial charge < -0.3 is 14.8 Å². The van der Waals surface area contributed by atoms with Crippen molar-refractivity contribution in [3.05, 3.63) is 60.2 Å². The average molecular weight is 448 g/mol. The van der Waals surface area contributed by atoms with Crippen LogP contribution >= 0.6 is 0 Å². The molecule has 0 radical (unpaired) electrons. The summed E-state index contributed by atoms with van der Waals surface area (Å²) in [6.45, 7) is 2.63. The third kappa shape index (κ3) is 6.63. The van der Waals surface area contributed by atoms with Gasteiger partial charge >= 0.3 is 11.9 Å². The van der Waals surface area contributed by atoms with E-state index in [4.69, 9.17) is 4.74 Å². The Morgan fingerprint density at radius 1 is 0.968 bits per heavy atom. The highest BCUT2D eigenvalue weighted by atomic mass is 32.2. The number of amides is 1. The molecule has 0 saturated heterocycles. The third-order valence-corrected chi connectivity index (χ3v) is 5.67. The van der Waals surface area contributed by atoms with Gasteiger partial charge in [-0.05, 0) is 30.2 Å². The average Bonchev–Trinajstić information content (AvgIpc) is 2.76. The van der Waals surface area contributed by atoms with Crippen LogP contribution in [-0.2, 0) is 29.1 Å². The Hall–Kier alpha value is -3.24. The number of anilines is 1. The largest absolute Gasteiger partial charge is 0.465 e. The molecular weight excluding hydrogens is 424 g/mol. The second kappa shape index (κ2) is 10.7. The lowest BCUT2D eigenvalue weighted by Crippen LogP contribution is -2.45. The topological polar surface area (TPSA) is 128 Å². The molecule has 0 aliphatic rings. The number of sulfonamides is 1. The number of carbonyl (C=O) groups is 3. The Kier molecular flexibility index (Phi) is 8.29. The minimum atomic E-state index is -3.96. The summed E-state index contributed by atoms with van der Waals surface area (Å²) in [7, 11) is -2.74. The molecule has 0 heterocycles. The molecule has 0 saturated carbocycles. The van der Waals surface area contributed by atoms with Gasteiger partial charge in [0.2, 0.25) is 10.0 Å². The predicted octanol–water partition coefficient (Wildman–Crippen LogP) is 1.96. The molecule has 166 valence electrons. The summed E-state index contributed by atoms with van der Waals surface area (Å²) >= 11 is 0. The highest BCUT2D eigenvalue weighted by Gasteiger charge is 2.30. The minimum absolute atomic E-state index is 0.00519. The van der Waals surface area contributed by atoms with Gasteiger partial charge in [-0.3, -0.25) is 9.59 Å². The standard InChI is InChI=1S/C21H24N2O7S/c1-14(2)19(23-31(27,28)15-9-5-4-6-10-15)21(26)30-13-18(24)22-17-12-8-7-11-16(17)20(25)29-3/h4-12,14,19,23H,13H2,1-3H3,(H,22,24)/t19-/m0/s1. The molecule has 0 aliphatic heterocycles. The van der Waals surface area contributed by atoms with Gasteiger partial charge in [-0.15, -0.1) is 0 Å². The Morgan fingerprint density at radius 3 is 2.19 bits per heavy atom. The first-order valence-electron chi connectivity index (χ1n) is 9.37. The summed E-state index contributed by atoms with van der Waals surface area (Å²) < 4.78 is 37.0. The fourth-order valence-corrected chi connectivity index (χ4v) is 3.94. The van der Waals surface area contributed by atoms with Crippen LogP contribution < -0.4 is 10.0 Å². The number of para-hydroxylation sites is 1. The predicted molar refractivity (Wildman–Crippen MR) is 113 cm³/mol. The summed E-state index contributed by atoms with van der Waals surface area (Å²) in [4.78, 5) is 36.4. The number of benzene rings is 2. The smallest absolute Gasteiger partial charge is 0.339 e. The summed E-state index contributed by atoms with van der Waals surface area (Å²) in [5, 5.41) is 2.47. The SMILES string of the molecule is COC(=O)c1ccccc1NC(=O)COC(=O)[C@@H](NS(=O)(=O)c1ccccc1)C(C)C. The van der Waals surface area contributed by atoms with Crippen LogP contribution in [0.25, 0.3) is 0 Å². The highest BCUT2D eigenvalue weighted by molar-refractivity contribution is 7.89. The lowest BCUT2D eigenvalue weighted by atomic mass is 10.1. The summed E-state index contributed by atoms with van der Waals surface area (Å²) in [5.74, 6) is -2.67. The van der Waals surface area contributed by atoms with E-state index in [1.165, 1.54) is 31.4 Å². The van der Waals surface area contributed by atoms with E-state index in [0.717, 1.165) is 0 Å². The van der Waals surface area contributed by atoms with Crippen LogP contribution in [0.2, 0.25) is 0 Å². The summed E-state index contributed by atoms with van der Waals surface area (Å²) in [6.07, 6.45) is 0. The molecule has 2 aromatic carbocycles. The molecule has 9 nitrogen and oxygen atoms in total. The van der Waals surface area contributed by atoms with Crippen molar-refractivity contribution in [3.63, 3.8) is 0 Å². The van der Waals surface area contributed by atoms with Gasteiger partial charge in [0.15, 0.2) is 6.61 Å². The van der Waals surface area contributed by atoms with Crippen molar-refractivity contribution in [2.75, 3.05) is 19.0 Å². The molecule has 1 amide bonds. The Balaban J connectivity index is 2.03. The zero-order valence-corrected chi connectivity index (χ0v) is 18.1. The minimum Gasteiger partial charge on any atom is -0.465 e. The Labute approximate surface area is 180 Å². The van der Waals surface area contributed by atoms with Crippen LogP contribution in [-0.4, -0.2) is 46.0 Å². The van der Waals surface area contributed by atoms with Crippen LogP contribution in [0.5, 0.6) is 0 Å². The van der Waals surface area contributed by atoms with E-state index < -0.39 is 46.4 Å². The first kappa shape index (κ1) is 24.0. The molecule has 10 heteroatoms. The Morgan fingerprint density at radius 2 is 1.58 bits per heavy atom. The van der Waals surface area contributed by atoms with Gasteiger partial charge in [0.25, 0.3) is 5.91 Å². The van der Waals surface area contributed by atoms with E-state index in [2.05, 4.69) is 14.8 Å². The Bertz CT molecular complexity index is 1040. The van der Waals surface area contributed by atoms with Gasteiger partial charge in [-0.25, -0.2) is 13.2 Å². The van der Waals surface area contributed by atoms with Crippen LogP contribution in [0.4, 0.5) is 5.69 Å². The zero-order chi connectivity index (χ0) is 23.0. The van der Waals surface area contributed by atoms with Crippen molar-refractivity contribution in [1.29, 1.82) is 0 Å². The second-order valence-electron chi connectivity index (χ2n) is 6.85. The van der Waals surface area contributed by atoms with E-state index in [9.17, 15) is 22.8 Å². The summed E-state index contributed by atoms with van der Waals surface area (Å²) in [6, 6.07) is 12.6. The molecule has 0 spiro atoms. The fourth-order valence-electron chi connectivity index (χ4n) is 2.58. The molecule has 0 aliphatic carbocycles. The number of carbonyl (C=O) groups excluding carboxylic acids is 3. The monoisotopic (exact) mass is 448 g/mol. The molecule has 2 aromatic rings. The van der Waals surface area contributed by atoms with Crippen molar-refractivity contribution >= 4 is 33.6 Å². The van der Waals surface area contributed by atoms with Crippen molar-refractivity contribution < 1.29 is 32.3 Å². The number of hydrogen-bond acceptors (Lipinski definition) is 7. The molecule has 2 N–H and O–H groups in total. The highest BCUT2D eigenvalue weighted by Crippen LogP contribution is 2.16. The van der Waals surface area contributed by atoms with Crippen LogP contribution in [0.3, 0.4) is 0 Å². The lowest BCUT2D eigenvalue weighted by Gasteiger charge is -2.20. The first-order valence-corrected chi connectivity index (χ1v) is 10.8. The van der Waals surface area contributed by atoms with Crippen molar-refractivity contribution in [1.82, 2.24) is 4.72 Å². The number of esters is 2. The lowest BCUT2D eigenvalue weighted by molar-refractivity contribution is -0.150. The van der Waals surface area contributed by atoms with E-state index in [1.807, 2.05) is 0 Å². The van der Waals surface area contributed by atoms with Crippen LogP contribution in [0.1, 0.15) is 24.2 Å². The molecule has 0 unspecified atom stereocenters. The maximum absolute atomic E-state index is 12.5. The van der Waals surface area contributed by atoms with E-state index in [-0.39, 0.29) is 16.1 Å². The van der Waals surface area contributed by atoms with Gasteiger partial charge in [0, 0.05) is 0 Å². The maximum Gasteiger partial charge on any atom is 0.339 e. The molecule has 1 atom stereocenters. The van der Waals surface area contributed by atoms with Gasteiger partial charge in [-0.2, -0.15) is 4.72 Å². The van der Waals surface area contributed by atoms with E-state index >= 15 is 0 Å². The van der Waals surface area contributed by atoms with E-state index in [1.54, 1.807) is 44.2 Å². The number of rotatable bonds is 9. The zero-order valence-electron chi connectivity index (χ0n) is 17.3. The van der Waals surface area contributed by atoms with Crippen molar-refractivity contribution in [2.24, 2.45) is 5.92 Å². The number of methoxy groups -OCH3 is 1. The number of nitrogens with one attached hydrogen (secondary N) is 2. The molecule has 0 fully saturated rings. The number of ether oxygens (including phenoxy) is 2. The molecule has 31 heavy (non-hydrogen) atoms. The van der Waals surface area contributed by atoms with Crippen molar-refractivity contribution in [2.45, 2.75) is 24.8 Å². The van der Waals surface area contributed by atoms with Gasteiger partial charge in [0.1, 0.15) is 6.04 Å². The number of hydrogen-bond donors (Lipinski definition) is 2. The van der Waals surface area contributed by atoms with Crippen LogP contribution in [0.15, 0.2) is 59.5 Å². The normalized spacial score (nSPS) is 12.1. The molecule has 0 bridgehead atoms. The first-order chi connectivity index (χ1) is 14.7. The van der Waals surface area contributed by atoms with Crippen molar-refractivity contribution in [3.8, 4) is 0 Å². The van der Waals surface area contributed by atoms with Gasteiger partial charge in [-0.1, -0.05) is 44.2 Å². The van der Waals surface area contributed by atoms with E-state index in [0.29, 0.717) is 0 Å². The van der Waals surface area contributed by atoms with Gasteiger partial charge in [0.05, 0.1) is 23.3 Å². The molecular formula is C21H24N2O7S. The van der Waals surface area contributed by atoms with Crippen LogP contribution in [0, 0.1) is 5.92 Å². The second-order valence-corrected chi connectivity index (χ2v) is 8.56. The fraction of sp³-hybridized carbons (Fsp3) is 0.286.